The maximum absolute atomic E-state index is 13.5. The number of nitrogens with one attached hydrogen (secondary N) is 2. The van der Waals surface area contributed by atoms with Crippen molar-refractivity contribution in [1.29, 1.82) is 0 Å². The maximum atomic E-state index is 13.5. The molecule has 3 aromatic rings. The third kappa shape index (κ3) is 5.42. The van der Waals surface area contributed by atoms with Crippen molar-refractivity contribution in [3.63, 3.8) is 0 Å². The van der Waals surface area contributed by atoms with Crippen LogP contribution in [0, 0.1) is 12.8 Å². The molecule has 12 heteroatoms. The van der Waals surface area contributed by atoms with E-state index < -0.39 is 29.6 Å². The summed E-state index contributed by atoms with van der Waals surface area (Å²) in [4.78, 5) is 37.8. The summed E-state index contributed by atoms with van der Waals surface area (Å²) in [5.41, 5.74) is 22.1. The van der Waals surface area contributed by atoms with Gasteiger partial charge in [-0.1, -0.05) is 30.3 Å². The van der Waals surface area contributed by atoms with Crippen LogP contribution in [0.4, 0.5) is 4.79 Å². The van der Waals surface area contributed by atoms with Gasteiger partial charge < -0.3 is 37.3 Å². The Morgan fingerprint density at radius 2 is 1.95 bits per heavy atom. The van der Waals surface area contributed by atoms with Crippen molar-refractivity contribution < 1.29 is 23.9 Å². The summed E-state index contributed by atoms with van der Waals surface area (Å²) < 4.78 is 13.1. The summed E-state index contributed by atoms with van der Waals surface area (Å²) in [6, 6.07) is 13.0. The molecule has 0 saturated heterocycles. The SMILES string of the molecule is CCn1nc(C)cc1C(=O)N[C@H]1[C@@H](N)c2cc(C(N)=O)cc3c2[C@@]1(N)[C@H](CCCOC(=O)NCc1ccccc1)CO3. The number of nitrogens with two attached hydrogens (primary N) is 3. The molecule has 1 aliphatic heterocycles. The van der Waals surface area contributed by atoms with Crippen LogP contribution >= 0.6 is 0 Å². The first kappa shape index (κ1) is 29.1. The van der Waals surface area contributed by atoms with Crippen molar-refractivity contribution >= 4 is 17.9 Å². The molecule has 42 heavy (non-hydrogen) atoms. The molecule has 1 aliphatic carbocycles. The molecule has 2 heterocycles. The monoisotopic (exact) mass is 575 g/mol. The summed E-state index contributed by atoms with van der Waals surface area (Å²) in [6.45, 7) is 5.00. The number of primary amides is 1. The standard InChI is InChI=1S/C30H37N7O5/c1-3-37-22(12-17(2)36-37)28(39)35-26-25(31)21-13-19(27(32)38)14-23-24(21)30(26,33)20(16-42-23)10-7-11-41-29(40)34-15-18-8-5-4-6-9-18/h4-6,8-9,12-14,20,25-26H,3,7,10-11,15-16,31,33H2,1-2H3,(H2,32,38)(H,34,40)(H,35,39)/t20-,25+,26+,30+/m1/s1. The van der Waals surface area contributed by atoms with E-state index >= 15 is 0 Å². The van der Waals surface area contributed by atoms with Crippen LogP contribution in [0.15, 0.2) is 48.5 Å². The third-order valence-corrected chi connectivity index (χ3v) is 8.13. The molecule has 2 aromatic carbocycles. The van der Waals surface area contributed by atoms with E-state index in [1.54, 1.807) is 22.9 Å². The number of nitrogens with zero attached hydrogens (tertiary/aromatic N) is 2. The molecule has 0 saturated carbocycles. The van der Waals surface area contributed by atoms with Crippen molar-refractivity contribution in [3.8, 4) is 5.75 Å². The van der Waals surface area contributed by atoms with Gasteiger partial charge in [-0.15, -0.1) is 0 Å². The summed E-state index contributed by atoms with van der Waals surface area (Å²) in [6.07, 6.45) is 0.529. The topological polar surface area (TPSA) is 190 Å². The molecular weight excluding hydrogens is 538 g/mol. The number of aryl methyl sites for hydroxylation is 2. The zero-order valence-corrected chi connectivity index (χ0v) is 23.8. The number of benzene rings is 2. The van der Waals surface area contributed by atoms with Crippen molar-refractivity contribution in [2.45, 2.75) is 57.4 Å². The number of rotatable bonds is 10. The van der Waals surface area contributed by atoms with Crippen LogP contribution < -0.4 is 32.6 Å². The Labute approximate surface area is 243 Å². The Morgan fingerprint density at radius 3 is 2.67 bits per heavy atom. The minimum atomic E-state index is -1.12. The summed E-state index contributed by atoms with van der Waals surface area (Å²) in [5.74, 6) is -0.822. The summed E-state index contributed by atoms with van der Waals surface area (Å²) in [5, 5.41) is 10.2. The number of hydrogen-bond donors (Lipinski definition) is 5. The van der Waals surface area contributed by atoms with E-state index in [2.05, 4.69) is 15.7 Å². The number of aromatic nitrogens is 2. The molecule has 0 fully saturated rings. The predicted molar refractivity (Wildman–Crippen MR) is 154 cm³/mol. The minimum absolute atomic E-state index is 0.172. The molecule has 0 radical (unpaired) electrons. The molecule has 2 aliphatic rings. The Hall–Kier alpha value is -4.42. The average molecular weight is 576 g/mol. The third-order valence-electron chi connectivity index (χ3n) is 8.13. The van der Waals surface area contributed by atoms with Gasteiger partial charge in [-0.3, -0.25) is 14.3 Å². The minimum Gasteiger partial charge on any atom is -0.493 e. The lowest BCUT2D eigenvalue weighted by atomic mass is 9.73. The van der Waals surface area contributed by atoms with Crippen LogP contribution in [-0.2, 0) is 23.4 Å². The molecule has 0 bridgehead atoms. The van der Waals surface area contributed by atoms with E-state index in [9.17, 15) is 14.4 Å². The lowest BCUT2D eigenvalue weighted by Crippen LogP contribution is -2.62. The highest BCUT2D eigenvalue weighted by atomic mass is 16.5. The molecule has 8 N–H and O–H groups in total. The van der Waals surface area contributed by atoms with Gasteiger partial charge >= 0.3 is 6.09 Å². The fourth-order valence-electron chi connectivity index (χ4n) is 6.07. The molecule has 4 atom stereocenters. The number of amides is 3. The average Bonchev–Trinajstić information content (AvgIpc) is 3.47. The summed E-state index contributed by atoms with van der Waals surface area (Å²) in [7, 11) is 0. The Kier molecular flexibility index (Phi) is 8.19. The number of carbonyl (C=O) groups is 3. The maximum Gasteiger partial charge on any atom is 0.407 e. The molecular formula is C30H37N7O5. The molecule has 1 aromatic heterocycles. The van der Waals surface area contributed by atoms with Gasteiger partial charge in [-0.05, 0) is 56.0 Å². The van der Waals surface area contributed by atoms with Gasteiger partial charge in [0.1, 0.15) is 11.4 Å². The second-order valence-electron chi connectivity index (χ2n) is 10.8. The fraction of sp³-hybridized carbons (Fsp3) is 0.400. The first-order valence-electron chi connectivity index (χ1n) is 14.1. The van der Waals surface area contributed by atoms with Crippen molar-refractivity contribution in [3.05, 3.63) is 82.2 Å². The highest BCUT2D eigenvalue weighted by Gasteiger charge is 2.57. The van der Waals surface area contributed by atoms with Gasteiger partial charge in [0.15, 0.2) is 0 Å². The summed E-state index contributed by atoms with van der Waals surface area (Å²) >= 11 is 0. The molecule has 3 amide bonds. The molecule has 5 rings (SSSR count). The Bertz CT molecular complexity index is 1490. The predicted octanol–water partition coefficient (Wildman–Crippen LogP) is 1.99. The van der Waals surface area contributed by atoms with Crippen LogP contribution in [0.2, 0.25) is 0 Å². The van der Waals surface area contributed by atoms with E-state index in [0.29, 0.717) is 54.2 Å². The quantitative estimate of drug-likeness (QED) is 0.227. The van der Waals surface area contributed by atoms with Crippen molar-refractivity contribution in [1.82, 2.24) is 20.4 Å². The number of hydrogen-bond acceptors (Lipinski definition) is 8. The highest BCUT2D eigenvalue weighted by Crippen LogP contribution is 2.53. The zero-order valence-electron chi connectivity index (χ0n) is 23.8. The van der Waals surface area contributed by atoms with Crippen LogP contribution in [-0.4, -0.2) is 46.9 Å². The number of ether oxygens (including phenoxy) is 2. The van der Waals surface area contributed by atoms with Crippen molar-refractivity contribution in [2.24, 2.45) is 23.1 Å². The second-order valence-corrected chi connectivity index (χ2v) is 10.8. The Balaban J connectivity index is 1.33. The van der Waals surface area contributed by atoms with Crippen LogP contribution in [0.1, 0.15) is 69.0 Å². The van der Waals surface area contributed by atoms with E-state index in [1.807, 2.05) is 44.2 Å². The van der Waals surface area contributed by atoms with Gasteiger partial charge in [-0.2, -0.15) is 5.10 Å². The van der Waals surface area contributed by atoms with Crippen LogP contribution in [0.3, 0.4) is 0 Å². The van der Waals surface area contributed by atoms with Gasteiger partial charge in [-0.25, -0.2) is 4.79 Å². The van der Waals surface area contributed by atoms with E-state index in [4.69, 9.17) is 26.7 Å². The lowest BCUT2D eigenvalue weighted by Gasteiger charge is -2.44. The first-order chi connectivity index (χ1) is 20.1. The van der Waals surface area contributed by atoms with Crippen LogP contribution in [0.25, 0.3) is 0 Å². The lowest BCUT2D eigenvalue weighted by molar-refractivity contribution is 0.0725. The van der Waals surface area contributed by atoms with Crippen molar-refractivity contribution in [2.75, 3.05) is 13.2 Å². The van der Waals surface area contributed by atoms with E-state index in [-0.39, 0.29) is 30.6 Å². The fourth-order valence-corrected chi connectivity index (χ4v) is 6.07. The molecule has 12 nitrogen and oxygen atoms in total. The highest BCUT2D eigenvalue weighted by molar-refractivity contribution is 5.95. The zero-order chi connectivity index (χ0) is 30.0. The van der Waals surface area contributed by atoms with Gasteiger partial charge in [0, 0.05) is 30.1 Å². The van der Waals surface area contributed by atoms with E-state index in [0.717, 1.165) is 5.56 Å². The van der Waals surface area contributed by atoms with Crippen LogP contribution in [0.5, 0.6) is 5.75 Å². The molecule has 0 spiro atoms. The molecule has 0 unspecified atom stereocenters. The number of alkyl carbamates (subject to hydrolysis) is 1. The normalized spacial score (nSPS) is 22.1. The molecule has 222 valence electrons. The van der Waals surface area contributed by atoms with Gasteiger partial charge in [0.05, 0.1) is 36.5 Å². The first-order valence-corrected chi connectivity index (χ1v) is 14.1. The second kappa shape index (κ2) is 11.8. The largest absolute Gasteiger partial charge is 0.493 e. The Morgan fingerprint density at radius 1 is 1.19 bits per heavy atom. The smallest absolute Gasteiger partial charge is 0.407 e. The van der Waals surface area contributed by atoms with Gasteiger partial charge in [0.25, 0.3) is 5.91 Å². The van der Waals surface area contributed by atoms with E-state index in [1.165, 1.54) is 0 Å². The number of carbonyl (C=O) groups excluding carboxylic acids is 3. The van der Waals surface area contributed by atoms with Gasteiger partial charge in [0.2, 0.25) is 5.91 Å².